The molecule has 1 heterocycles. The van der Waals surface area contributed by atoms with E-state index in [1.165, 1.54) is 4.31 Å². The van der Waals surface area contributed by atoms with Crippen LogP contribution in [0.2, 0.25) is 10.0 Å². The predicted octanol–water partition coefficient (Wildman–Crippen LogP) is 3.00. The van der Waals surface area contributed by atoms with Crippen molar-refractivity contribution in [3.8, 4) is 11.5 Å². The van der Waals surface area contributed by atoms with Gasteiger partial charge in [-0.15, -0.1) is 0 Å². The van der Waals surface area contributed by atoms with E-state index < -0.39 is 20.0 Å². The van der Waals surface area contributed by atoms with Crippen molar-refractivity contribution in [2.24, 2.45) is 0 Å². The lowest BCUT2D eigenvalue weighted by Gasteiger charge is -2.25. The van der Waals surface area contributed by atoms with Gasteiger partial charge in [-0.1, -0.05) is 29.3 Å². The fraction of sp³-hybridized carbons (Fsp3) is 0.400. The van der Waals surface area contributed by atoms with Crippen molar-refractivity contribution in [1.82, 2.24) is 14.3 Å². The van der Waals surface area contributed by atoms with E-state index in [2.05, 4.69) is 10.0 Å². The minimum Gasteiger partial charge on any atom is -0.456 e. The Morgan fingerprint density at radius 1 is 1.12 bits per heavy atom. The Morgan fingerprint density at radius 2 is 1.81 bits per heavy atom. The number of ether oxygens (including phenoxy) is 1. The van der Waals surface area contributed by atoms with E-state index in [9.17, 15) is 16.8 Å². The van der Waals surface area contributed by atoms with E-state index in [0.29, 0.717) is 35.3 Å². The molecule has 12 heteroatoms. The Bertz CT molecular complexity index is 1170. The van der Waals surface area contributed by atoms with Crippen LogP contribution in [0.25, 0.3) is 0 Å². The maximum Gasteiger partial charge on any atom is 0.246 e. The molecule has 1 fully saturated rings. The third-order valence-corrected chi connectivity index (χ3v) is 7.83. The topological polar surface area (TPSA) is 105 Å². The van der Waals surface area contributed by atoms with Gasteiger partial charge in [0.05, 0.1) is 6.26 Å². The summed E-state index contributed by atoms with van der Waals surface area (Å²) in [5.41, 5.74) is 0.753. The number of halogens is 2. The zero-order chi connectivity index (χ0) is 23.5. The highest BCUT2D eigenvalue weighted by Gasteiger charge is 2.31. The van der Waals surface area contributed by atoms with Gasteiger partial charge in [-0.25, -0.2) is 21.6 Å². The molecule has 0 aromatic heterocycles. The minimum atomic E-state index is -3.94. The zero-order valence-electron chi connectivity index (χ0n) is 17.6. The second kappa shape index (κ2) is 10.3. The van der Waals surface area contributed by atoms with Crippen LogP contribution in [0, 0.1) is 6.92 Å². The largest absolute Gasteiger partial charge is 0.456 e. The SMILES string of the molecule is Cc1ccc(Oc2cc(Cl)cc(Cl)c2)c(S(=O)(=O)N2CCCNC(CNS(C)(=O)=O)C2)c1. The Kier molecular flexibility index (Phi) is 8.08. The van der Waals surface area contributed by atoms with Crippen LogP contribution in [0.4, 0.5) is 0 Å². The average Bonchev–Trinajstić information content (AvgIpc) is 2.93. The van der Waals surface area contributed by atoms with Gasteiger partial charge in [0.2, 0.25) is 20.0 Å². The Morgan fingerprint density at radius 3 is 2.47 bits per heavy atom. The molecule has 2 aromatic carbocycles. The van der Waals surface area contributed by atoms with Gasteiger partial charge in [0.25, 0.3) is 0 Å². The van der Waals surface area contributed by atoms with Crippen molar-refractivity contribution in [3.63, 3.8) is 0 Å². The summed E-state index contributed by atoms with van der Waals surface area (Å²) in [6.07, 6.45) is 1.65. The van der Waals surface area contributed by atoms with Crippen LogP contribution < -0.4 is 14.8 Å². The second-order valence-corrected chi connectivity index (χ2v) is 12.3. The molecule has 1 saturated heterocycles. The van der Waals surface area contributed by atoms with Crippen LogP contribution in [0.3, 0.4) is 0 Å². The van der Waals surface area contributed by atoms with Gasteiger partial charge in [-0.3, -0.25) is 0 Å². The molecule has 1 aliphatic heterocycles. The lowest BCUT2D eigenvalue weighted by molar-refractivity contribution is 0.388. The van der Waals surface area contributed by atoms with Crippen molar-refractivity contribution < 1.29 is 21.6 Å². The summed E-state index contributed by atoms with van der Waals surface area (Å²) >= 11 is 12.1. The summed E-state index contributed by atoms with van der Waals surface area (Å²) in [5, 5.41) is 3.92. The highest BCUT2D eigenvalue weighted by atomic mass is 35.5. The summed E-state index contributed by atoms with van der Waals surface area (Å²) in [5.74, 6) is 0.465. The summed E-state index contributed by atoms with van der Waals surface area (Å²) in [7, 11) is -7.33. The molecule has 176 valence electrons. The van der Waals surface area contributed by atoms with Crippen LogP contribution in [-0.2, 0) is 20.0 Å². The number of hydrogen-bond acceptors (Lipinski definition) is 6. The fourth-order valence-electron chi connectivity index (χ4n) is 3.32. The van der Waals surface area contributed by atoms with E-state index in [0.717, 1.165) is 11.8 Å². The van der Waals surface area contributed by atoms with Gasteiger partial charge in [0, 0.05) is 35.7 Å². The number of nitrogens with zero attached hydrogens (tertiary/aromatic N) is 1. The Hall–Kier alpha value is -1.40. The summed E-state index contributed by atoms with van der Waals surface area (Å²) in [6.45, 7) is 2.85. The molecule has 0 aliphatic carbocycles. The van der Waals surface area contributed by atoms with Crippen molar-refractivity contribution in [2.75, 3.05) is 32.4 Å². The normalized spacial score (nSPS) is 18.3. The molecular formula is C20H25Cl2N3O5S2. The monoisotopic (exact) mass is 521 g/mol. The molecule has 8 nitrogen and oxygen atoms in total. The number of sulfonamides is 2. The molecule has 1 aliphatic rings. The molecule has 2 N–H and O–H groups in total. The predicted molar refractivity (Wildman–Crippen MR) is 126 cm³/mol. The fourth-order valence-corrected chi connectivity index (χ4v) is 6.06. The van der Waals surface area contributed by atoms with Crippen LogP contribution in [0.15, 0.2) is 41.3 Å². The number of aryl methyl sites for hydroxylation is 1. The quantitative estimate of drug-likeness (QED) is 0.580. The van der Waals surface area contributed by atoms with Crippen LogP contribution in [0.5, 0.6) is 11.5 Å². The highest BCUT2D eigenvalue weighted by Crippen LogP contribution is 2.34. The first-order valence-corrected chi connectivity index (χ1v) is 14.0. The van der Waals surface area contributed by atoms with Crippen LogP contribution in [-0.4, -0.2) is 59.6 Å². The Labute approximate surface area is 199 Å². The first-order valence-electron chi connectivity index (χ1n) is 9.87. The lowest BCUT2D eigenvalue weighted by atomic mass is 10.2. The summed E-state index contributed by atoms with van der Waals surface area (Å²) < 4.78 is 59.8. The average molecular weight is 522 g/mol. The van der Waals surface area contributed by atoms with Gasteiger partial charge >= 0.3 is 0 Å². The molecule has 0 amide bonds. The minimum absolute atomic E-state index is 0.0188. The van der Waals surface area contributed by atoms with Crippen LogP contribution in [0.1, 0.15) is 12.0 Å². The van der Waals surface area contributed by atoms with Crippen molar-refractivity contribution in [3.05, 3.63) is 52.0 Å². The zero-order valence-corrected chi connectivity index (χ0v) is 20.8. The molecule has 3 rings (SSSR count). The third-order valence-electron chi connectivity index (χ3n) is 4.81. The van der Waals surface area contributed by atoms with E-state index in [4.69, 9.17) is 27.9 Å². The maximum atomic E-state index is 13.6. The molecule has 1 unspecified atom stereocenters. The molecular weight excluding hydrogens is 497 g/mol. The van der Waals surface area contributed by atoms with Crippen LogP contribution >= 0.6 is 23.2 Å². The van der Waals surface area contributed by atoms with Crippen molar-refractivity contribution >= 4 is 43.2 Å². The van der Waals surface area contributed by atoms with Gasteiger partial charge in [0.15, 0.2) is 0 Å². The number of benzene rings is 2. The highest BCUT2D eigenvalue weighted by molar-refractivity contribution is 7.89. The van der Waals surface area contributed by atoms with E-state index in [1.54, 1.807) is 43.3 Å². The standard InChI is InChI=1S/C20H25Cl2N3O5S2/c1-14-4-5-19(30-18-10-15(21)9-16(22)11-18)20(8-14)32(28,29)25-7-3-6-23-17(13-25)12-24-31(2,26)27/h4-5,8-11,17,23-24H,3,6-7,12-13H2,1-2H3. The Balaban J connectivity index is 1.91. The molecule has 1 atom stereocenters. The lowest BCUT2D eigenvalue weighted by Crippen LogP contribution is -2.47. The molecule has 0 radical (unpaired) electrons. The first-order chi connectivity index (χ1) is 14.9. The van der Waals surface area contributed by atoms with Crippen molar-refractivity contribution in [2.45, 2.75) is 24.3 Å². The van der Waals surface area contributed by atoms with Gasteiger partial charge in [-0.2, -0.15) is 4.31 Å². The van der Waals surface area contributed by atoms with E-state index in [1.807, 2.05) is 0 Å². The molecule has 0 spiro atoms. The third kappa shape index (κ3) is 6.80. The molecule has 0 saturated carbocycles. The number of hydrogen-bond donors (Lipinski definition) is 2. The maximum absolute atomic E-state index is 13.6. The van der Waals surface area contributed by atoms with Gasteiger partial charge < -0.3 is 10.1 Å². The number of nitrogens with one attached hydrogen (secondary N) is 2. The summed E-state index contributed by atoms with van der Waals surface area (Å²) in [4.78, 5) is 0.0188. The van der Waals surface area contributed by atoms with Crippen molar-refractivity contribution in [1.29, 1.82) is 0 Å². The first kappa shape index (κ1) is 25.2. The van der Waals surface area contributed by atoms with Gasteiger partial charge in [-0.05, 0) is 55.8 Å². The summed E-state index contributed by atoms with van der Waals surface area (Å²) in [6, 6.07) is 9.18. The van der Waals surface area contributed by atoms with Gasteiger partial charge in [0.1, 0.15) is 16.4 Å². The molecule has 32 heavy (non-hydrogen) atoms. The van der Waals surface area contributed by atoms with E-state index in [-0.39, 0.29) is 29.8 Å². The molecule has 0 bridgehead atoms. The second-order valence-electron chi connectivity index (χ2n) is 7.65. The molecule has 2 aromatic rings. The van der Waals surface area contributed by atoms with E-state index >= 15 is 0 Å². The smallest absolute Gasteiger partial charge is 0.246 e. The number of rotatable bonds is 7.